The number of benzene rings is 2. The van der Waals surface area contributed by atoms with Gasteiger partial charge in [0, 0.05) is 23.6 Å². The predicted molar refractivity (Wildman–Crippen MR) is 132 cm³/mol. The second-order valence-electron chi connectivity index (χ2n) is 7.79. The van der Waals surface area contributed by atoms with E-state index in [1.54, 1.807) is 0 Å². The molecule has 2 aromatic rings. The Balaban J connectivity index is 0. The number of para-hydroxylation sites is 2. The average molecular weight is 415 g/mol. The minimum Gasteiger partial charge on any atom is -0.487 e. The van der Waals surface area contributed by atoms with Gasteiger partial charge in [0.15, 0.2) is 0 Å². The van der Waals surface area contributed by atoms with Gasteiger partial charge < -0.3 is 20.3 Å². The molecule has 0 aliphatic carbocycles. The molecule has 0 radical (unpaired) electrons. The Kier molecular flexibility index (Phi) is 15.0. The summed E-state index contributed by atoms with van der Waals surface area (Å²) in [6, 6.07) is 15.1. The van der Waals surface area contributed by atoms with Crippen molar-refractivity contribution in [1.82, 2.24) is 0 Å². The number of rotatable bonds is 4. The molecule has 0 amide bonds. The molecule has 4 nitrogen and oxygen atoms in total. The lowest BCUT2D eigenvalue weighted by atomic mass is 10.1. The summed E-state index contributed by atoms with van der Waals surface area (Å²) >= 11 is 0. The van der Waals surface area contributed by atoms with Gasteiger partial charge >= 0.3 is 0 Å². The van der Waals surface area contributed by atoms with Gasteiger partial charge in [0.05, 0.1) is 0 Å². The van der Waals surface area contributed by atoms with Crippen molar-refractivity contribution in [2.24, 2.45) is 0 Å². The van der Waals surface area contributed by atoms with E-state index in [1.807, 2.05) is 118 Å². The van der Waals surface area contributed by atoms with E-state index in [1.165, 1.54) is 12.4 Å². The highest BCUT2D eigenvalue weighted by molar-refractivity contribution is 5.81. The lowest BCUT2D eigenvalue weighted by Gasteiger charge is -2.22. The van der Waals surface area contributed by atoms with E-state index in [-0.39, 0.29) is 11.2 Å². The SMILES string of the molecule is CC.CC.CC(C)(C)Oc1ccccc1C=N.CC(C)(C)Oc1ccccc1C=N. The third-order valence-electron chi connectivity index (χ3n) is 2.98. The van der Waals surface area contributed by atoms with Crippen LogP contribution < -0.4 is 9.47 Å². The first kappa shape index (κ1) is 29.6. The van der Waals surface area contributed by atoms with Crippen LogP contribution in [0.15, 0.2) is 48.5 Å². The lowest BCUT2D eigenvalue weighted by molar-refractivity contribution is 0.130. The number of hydrogen-bond acceptors (Lipinski definition) is 4. The first-order valence-electron chi connectivity index (χ1n) is 10.6. The number of hydrogen-bond donors (Lipinski definition) is 2. The molecule has 0 aliphatic heterocycles. The van der Waals surface area contributed by atoms with E-state index in [4.69, 9.17) is 20.3 Å². The van der Waals surface area contributed by atoms with Crippen molar-refractivity contribution in [2.75, 3.05) is 0 Å². The van der Waals surface area contributed by atoms with Gasteiger partial charge in [-0.25, -0.2) is 0 Å². The topological polar surface area (TPSA) is 66.2 Å². The molecular formula is C26H42N2O2. The quantitative estimate of drug-likeness (QED) is 0.502. The third kappa shape index (κ3) is 13.5. The zero-order valence-corrected chi connectivity index (χ0v) is 20.6. The zero-order chi connectivity index (χ0) is 23.8. The molecule has 0 spiro atoms. The van der Waals surface area contributed by atoms with Gasteiger partial charge in [0.2, 0.25) is 0 Å². The molecule has 0 aromatic heterocycles. The van der Waals surface area contributed by atoms with Crippen LogP contribution in [-0.2, 0) is 0 Å². The van der Waals surface area contributed by atoms with Gasteiger partial charge in [-0.05, 0) is 65.8 Å². The highest BCUT2D eigenvalue weighted by atomic mass is 16.5. The van der Waals surface area contributed by atoms with Crippen LogP contribution in [-0.4, -0.2) is 23.6 Å². The Morgan fingerprint density at radius 2 is 0.833 bits per heavy atom. The Morgan fingerprint density at radius 3 is 1.07 bits per heavy atom. The number of nitrogens with one attached hydrogen (secondary N) is 2. The van der Waals surface area contributed by atoms with Crippen LogP contribution in [0.25, 0.3) is 0 Å². The second-order valence-corrected chi connectivity index (χ2v) is 7.79. The van der Waals surface area contributed by atoms with Gasteiger partial charge in [-0.3, -0.25) is 0 Å². The molecule has 0 heterocycles. The third-order valence-corrected chi connectivity index (χ3v) is 2.98. The molecule has 0 bridgehead atoms. The van der Waals surface area contributed by atoms with Crippen LogP contribution in [0.3, 0.4) is 0 Å². The maximum absolute atomic E-state index is 7.19. The fourth-order valence-corrected chi connectivity index (χ4v) is 2.05. The minimum atomic E-state index is -0.209. The van der Waals surface area contributed by atoms with E-state index in [9.17, 15) is 0 Å². The Labute approximate surface area is 184 Å². The molecule has 4 heteroatoms. The Bertz CT molecular complexity index is 663. The molecule has 0 fully saturated rings. The predicted octanol–water partition coefficient (Wildman–Crippen LogP) is 7.78. The summed E-state index contributed by atoms with van der Waals surface area (Å²) in [5.41, 5.74) is 1.22. The molecule has 0 saturated carbocycles. The summed E-state index contributed by atoms with van der Waals surface area (Å²) in [4.78, 5) is 0. The maximum Gasteiger partial charge on any atom is 0.128 e. The van der Waals surface area contributed by atoms with E-state index >= 15 is 0 Å². The van der Waals surface area contributed by atoms with Crippen LogP contribution in [0, 0.1) is 10.8 Å². The monoisotopic (exact) mass is 414 g/mol. The first-order chi connectivity index (χ1) is 14.1. The number of ether oxygens (including phenoxy) is 2. The van der Waals surface area contributed by atoms with Crippen molar-refractivity contribution in [1.29, 1.82) is 10.8 Å². The highest BCUT2D eigenvalue weighted by Crippen LogP contribution is 2.22. The van der Waals surface area contributed by atoms with Crippen molar-refractivity contribution in [3.63, 3.8) is 0 Å². The summed E-state index contributed by atoms with van der Waals surface area (Å²) in [7, 11) is 0. The fraction of sp³-hybridized carbons (Fsp3) is 0.462. The van der Waals surface area contributed by atoms with Crippen LogP contribution in [0.4, 0.5) is 0 Å². The molecule has 2 rings (SSSR count). The molecule has 0 atom stereocenters. The van der Waals surface area contributed by atoms with Gasteiger partial charge in [-0.2, -0.15) is 0 Å². The van der Waals surface area contributed by atoms with Crippen molar-refractivity contribution >= 4 is 12.4 Å². The standard InChI is InChI=1S/2C11H15NO.2C2H6/c2*1-11(2,3)13-10-7-5-4-6-9(10)8-12;2*1-2/h2*4-8,12H,1-3H3;2*1-2H3. The van der Waals surface area contributed by atoms with Crippen molar-refractivity contribution in [2.45, 2.75) is 80.4 Å². The smallest absolute Gasteiger partial charge is 0.128 e. The summed E-state index contributed by atoms with van der Waals surface area (Å²) in [5.74, 6) is 1.54. The van der Waals surface area contributed by atoms with Crippen molar-refractivity contribution in [3.8, 4) is 11.5 Å². The van der Waals surface area contributed by atoms with Gasteiger partial charge in [0.1, 0.15) is 22.7 Å². The van der Waals surface area contributed by atoms with Crippen molar-refractivity contribution in [3.05, 3.63) is 59.7 Å². The highest BCUT2D eigenvalue weighted by Gasteiger charge is 2.13. The van der Waals surface area contributed by atoms with Crippen LogP contribution in [0.2, 0.25) is 0 Å². The van der Waals surface area contributed by atoms with Crippen LogP contribution >= 0.6 is 0 Å². The molecular weight excluding hydrogens is 372 g/mol. The normalized spacial score (nSPS) is 9.93. The van der Waals surface area contributed by atoms with Crippen LogP contribution in [0.5, 0.6) is 11.5 Å². The van der Waals surface area contributed by atoms with E-state index in [0.717, 1.165) is 22.6 Å². The van der Waals surface area contributed by atoms with Crippen molar-refractivity contribution < 1.29 is 9.47 Å². The van der Waals surface area contributed by atoms with E-state index in [0.29, 0.717) is 0 Å². The van der Waals surface area contributed by atoms with E-state index in [2.05, 4.69) is 0 Å². The van der Waals surface area contributed by atoms with Crippen LogP contribution in [0.1, 0.15) is 80.4 Å². The summed E-state index contributed by atoms with van der Waals surface area (Å²) in [5, 5.41) is 14.4. The van der Waals surface area contributed by atoms with Gasteiger partial charge in [0.25, 0.3) is 0 Å². The molecule has 30 heavy (non-hydrogen) atoms. The van der Waals surface area contributed by atoms with E-state index < -0.39 is 0 Å². The first-order valence-corrected chi connectivity index (χ1v) is 10.6. The Hall–Kier alpha value is -2.62. The molecule has 168 valence electrons. The largest absolute Gasteiger partial charge is 0.487 e. The second kappa shape index (κ2) is 15.3. The molecule has 2 N–H and O–H groups in total. The molecule has 0 unspecified atom stereocenters. The lowest BCUT2D eigenvalue weighted by Crippen LogP contribution is -2.23. The molecule has 0 saturated heterocycles. The molecule has 2 aromatic carbocycles. The maximum atomic E-state index is 7.19. The zero-order valence-electron chi connectivity index (χ0n) is 20.6. The summed E-state index contributed by atoms with van der Waals surface area (Å²) < 4.78 is 11.3. The van der Waals surface area contributed by atoms with Gasteiger partial charge in [-0.1, -0.05) is 52.0 Å². The Morgan fingerprint density at radius 1 is 0.567 bits per heavy atom. The summed E-state index contributed by atoms with van der Waals surface area (Å²) in [6.45, 7) is 20.0. The van der Waals surface area contributed by atoms with Gasteiger partial charge in [-0.15, -0.1) is 0 Å². The average Bonchev–Trinajstić information content (AvgIpc) is 2.70. The molecule has 0 aliphatic rings. The fourth-order valence-electron chi connectivity index (χ4n) is 2.05. The minimum absolute atomic E-state index is 0.209. The summed E-state index contributed by atoms with van der Waals surface area (Å²) in [6.07, 6.45) is 2.61.